The molecule has 1 aliphatic heterocycles. The zero-order chi connectivity index (χ0) is 15.3. The molecule has 1 heterocycles. The van der Waals surface area contributed by atoms with Crippen molar-refractivity contribution in [2.75, 3.05) is 19.6 Å². The number of likely N-dealkylation sites (tertiary alicyclic amines) is 1. The third-order valence-electron chi connectivity index (χ3n) is 3.82. The molecule has 20 heavy (non-hydrogen) atoms. The molecule has 1 fully saturated rings. The number of nitrogens with zero attached hydrogens (tertiary/aromatic N) is 1. The van der Waals surface area contributed by atoms with Gasteiger partial charge in [0.25, 0.3) is 0 Å². The van der Waals surface area contributed by atoms with Crippen molar-refractivity contribution in [3.05, 3.63) is 0 Å². The molecule has 1 rings (SSSR count). The Hall–Kier alpha value is -1.30. The van der Waals surface area contributed by atoms with Gasteiger partial charge in [0.1, 0.15) is 6.04 Å². The molecule has 116 valence electrons. The van der Waals surface area contributed by atoms with Gasteiger partial charge in [0, 0.05) is 19.1 Å². The fourth-order valence-corrected chi connectivity index (χ4v) is 2.44. The molecule has 0 aliphatic carbocycles. The van der Waals surface area contributed by atoms with Crippen LogP contribution in [0.1, 0.15) is 34.1 Å². The number of hydrogen-bond donors (Lipinski definition) is 3. The summed E-state index contributed by atoms with van der Waals surface area (Å²) in [5.41, 5.74) is 0. The SMILES string of the molecule is CC(C)[C@H](NC(=O)NCC1CCN(C(C)C)C1)C(=O)O. The van der Waals surface area contributed by atoms with Crippen molar-refractivity contribution in [1.82, 2.24) is 15.5 Å². The highest BCUT2D eigenvalue weighted by molar-refractivity contribution is 5.82. The van der Waals surface area contributed by atoms with Crippen LogP contribution in [0.15, 0.2) is 0 Å². The number of amides is 2. The van der Waals surface area contributed by atoms with Crippen molar-refractivity contribution < 1.29 is 14.7 Å². The summed E-state index contributed by atoms with van der Waals surface area (Å²) in [7, 11) is 0. The van der Waals surface area contributed by atoms with E-state index < -0.39 is 18.0 Å². The number of urea groups is 1. The average molecular weight is 285 g/mol. The first-order valence-corrected chi connectivity index (χ1v) is 7.32. The van der Waals surface area contributed by atoms with Gasteiger partial charge in [0.15, 0.2) is 0 Å². The minimum Gasteiger partial charge on any atom is -0.480 e. The smallest absolute Gasteiger partial charge is 0.326 e. The van der Waals surface area contributed by atoms with E-state index in [1.807, 2.05) is 0 Å². The Labute approximate surface area is 120 Å². The molecule has 6 heteroatoms. The van der Waals surface area contributed by atoms with Crippen molar-refractivity contribution in [2.45, 2.75) is 46.2 Å². The van der Waals surface area contributed by atoms with Crippen molar-refractivity contribution in [3.63, 3.8) is 0 Å². The monoisotopic (exact) mass is 285 g/mol. The number of carboxylic acid groups (broad SMARTS) is 1. The van der Waals surface area contributed by atoms with Crippen molar-refractivity contribution in [3.8, 4) is 0 Å². The summed E-state index contributed by atoms with van der Waals surface area (Å²) in [6.45, 7) is 10.5. The number of hydrogen-bond acceptors (Lipinski definition) is 3. The molecular formula is C14H27N3O3. The Kier molecular flexibility index (Phi) is 6.26. The predicted molar refractivity (Wildman–Crippen MR) is 77.6 cm³/mol. The first-order valence-electron chi connectivity index (χ1n) is 7.32. The first kappa shape index (κ1) is 16.8. The van der Waals surface area contributed by atoms with Crippen LogP contribution in [-0.4, -0.2) is 53.7 Å². The summed E-state index contributed by atoms with van der Waals surface area (Å²) in [5.74, 6) is -0.686. The normalized spacial score (nSPS) is 21.2. The van der Waals surface area contributed by atoms with E-state index in [0.29, 0.717) is 18.5 Å². The lowest BCUT2D eigenvalue weighted by molar-refractivity contribution is -0.140. The zero-order valence-electron chi connectivity index (χ0n) is 12.8. The molecular weight excluding hydrogens is 258 g/mol. The van der Waals surface area contributed by atoms with Crippen LogP contribution in [0.4, 0.5) is 4.79 Å². The maximum atomic E-state index is 11.7. The summed E-state index contributed by atoms with van der Waals surface area (Å²) >= 11 is 0. The molecule has 0 spiro atoms. The van der Waals surface area contributed by atoms with Gasteiger partial charge in [-0.2, -0.15) is 0 Å². The van der Waals surface area contributed by atoms with E-state index in [1.165, 1.54) is 0 Å². The topological polar surface area (TPSA) is 81.7 Å². The van der Waals surface area contributed by atoms with Gasteiger partial charge < -0.3 is 20.6 Å². The Balaban J connectivity index is 2.32. The molecule has 0 bridgehead atoms. The van der Waals surface area contributed by atoms with Crippen molar-refractivity contribution >= 4 is 12.0 Å². The van der Waals surface area contributed by atoms with E-state index >= 15 is 0 Å². The first-order chi connectivity index (χ1) is 9.31. The van der Waals surface area contributed by atoms with Gasteiger partial charge >= 0.3 is 12.0 Å². The highest BCUT2D eigenvalue weighted by atomic mass is 16.4. The summed E-state index contributed by atoms with van der Waals surface area (Å²) in [5, 5.41) is 14.3. The molecule has 0 aromatic carbocycles. The van der Waals surface area contributed by atoms with E-state index in [-0.39, 0.29) is 5.92 Å². The molecule has 2 amide bonds. The molecule has 3 N–H and O–H groups in total. The van der Waals surface area contributed by atoms with Crippen LogP contribution < -0.4 is 10.6 Å². The fourth-order valence-electron chi connectivity index (χ4n) is 2.44. The Morgan fingerprint density at radius 2 is 1.95 bits per heavy atom. The molecule has 6 nitrogen and oxygen atoms in total. The largest absolute Gasteiger partial charge is 0.480 e. The predicted octanol–water partition coefficient (Wildman–Crippen LogP) is 1.13. The second-order valence-corrected chi connectivity index (χ2v) is 6.16. The lowest BCUT2D eigenvalue weighted by Crippen LogP contribution is -2.49. The van der Waals surface area contributed by atoms with Gasteiger partial charge in [-0.15, -0.1) is 0 Å². The van der Waals surface area contributed by atoms with Crippen molar-refractivity contribution in [1.29, 1.82) is 0 Å². The van der Waals surface area contributed by atoms with Gasteiger partial charge in [-0.05, 0) is 38.6 Å². The lowest BCUT2D eigenvalue weighted by atomic mass is 10.1. The highest BCUT2D eigenvalue weighted by Crippen LogP contribution is 2.17. The molecule has 0 aromatic heterocycles. The molecule has 2 atom stereocenters. The standard InChI is InChI=1S/C14H27N3O3/c1-9(2)12(13(18)19)16-14(20)15-7-11-5-6-17(8-11)10(3)4/h9-12H,5-8H2,1-4H3,(H,18,19)(H2,15,16,20)/t11?,12-/m0/s1. The number of carbonyl (C=O) groups excluding carboxylic acids is 1. The highest BCUT2D eigenvalue weighted by Gasteiger charge is 2.26. The molecule has 1 unspecified atom stereocenters. The number of carboxylic acids is 1. The van der Waals surface area contributed by atoms with Gasteiger partial charge in [-0.3, -0.25) is 0 Å². The fraction of sp³-hybridized carbons (Fsp3) is 0.857. The molecule has 0 radical (unpaired) electrons. The maximum Gasteiger partial charge on any atom is 0.326 e. The number of nitrogens with one attached hydrogen (secondary N) is 2. The van der Waals surface area contributed by atoms with Crippen LogP contribution >= 0.6 is 0 Å². The number of aliphatic carboxylic acids is 1. The summed E-state index contributed by atoms with van der Waals surface area (Å²) in [4.78, 5) is 25.1. The van der Waals surface area contributed by atoms with Gasteiger partial charge in [-0.1, -0.05) is 13.8 Å². The zero-order valence-corrected chi connectivity index (χ0v) is 12.8. The Morgan fingerprint density at radius 3 is 2.40 bits per heavy atom. The minimum absolute atomic E-state index is 0.138. The lowest BCUT2D eigenvalue weighted by Gasteiger charge is -2.21. The minimum atomic E-state index is -0.998. The van der Waals surface area contributed by atoms with Crippen LogP contribution in [0.3, 0.4) is 0 Å². The molecule has 1 aliphatic rings. The van der Waals surface area contributed by atoms with Crippen LogP contribution in [0.25, 0.3) is 0 Å². The second kappa shape index (κ2) is 7.47. The summed E-state index contributed by atoms with van der Waals surface area (Å²) in [6.07, 6.45) is 1.07. The molecule has 1 saturated heterocycles. The van der Waals surface area contributed by atoms with Gasteiger partial charge in [0.05, 0.1) is 0 Å². The average Bonchev–Trinajstić information content (AvgIpc) is 2.81. The van der Waals surface area contributed by atoms with Gasteiger partial charge in [-0.25, -0.2) is 9.59 Å². The molecule has 0 saturated carbocycles. The second-order valence-electron chi connectivity index (χ2n) is 6.16. The third kappa shape index (κ3) is 5.00. The van der Waals surface area contributed by atoms with Crippen LogP contribution in [-0.2, 0) is 4.79 Å². The quantitative estimate of drug-likeness (QED) is 0.683. The number of carbonyl (C=O) groups is 2. The Bertz CT molecular complexity index is 345. The van der Waals surface area contributed by atoms with Crippen LogP contribution in [0.5, 0.6) is 0 Å². The van der Waals surface area contributed by atoms with E-state index in [4.69, 9.17) is 5.11 Å². The molecule has 0 aromatic rings. The van der Waals surface area contributed by atoms with Gasteiger partial charge in [0.2, 0.25) is 0 Å². The summed E-state index contributed by atoms with van der Waals surface area (Å²) < 4.78 is 0. The van der Waals surface area contributed by atoms with Crippen molar-refractivity contribution in [2.24, 2.45) is 11.8 Å². The van der Waals surface area contributed by atoms with E-state index in [0.717, 1.165) is 19.5 Å². The third-order valence-corrected chi connectivity index (χ3v) is 3.82. The van der Waals surface area contributed by atoms with Crippen LogP contribution in [0.2, 0.25) is 0 Å². The van der Waals surface area contributed by atoms with E-state index in [1.54, 1.807) is 13.8 Å². The Morgan fingerprint density at radius 1 is 1.30 bits per heavy atom. The summed E-state index contributed by atoms with van der Waals surface area (Å²) in [6, 6.07) is -0.703. The maximum absolute atomic E-state index is 11.7. The van der Waals surface area contributed by atoms with E-state index in [2.05, 4.69) is 29.4 Å². The van der Waals surface area contributed by atoms with Crippen LogP contribution in [0, 0.1) is 11.8 Å². The number of rotatable bonds is 6. The van der Waals surface area contributed by atoms with E-state index in [9.17, 15) is 9.59 Å².